The zero-order valence-corrected chi connectivity index (χ0v) is 19.7. The highest BCUT2D eigenvalue weighted by Gasteiger charge is 2.09. The van der Waals surface area contributed by atoms with E-state index in [0.29, 0.717) is 22.6 Å². The normalized spacial score (nSPS) is 10.8. The van der Waals surface area contributed by atoms with Crippen molar-refractivity contribution in [3.05, 3.63) is 95.6 Å². The van der Waals surface area contributed by atoms with E-state index in [9.17, 15) is 9.59 Å². The van der Waals surface area contributed by atoms with E-state index in [0.717, 1.165) is 24.3 Å². The maximum atomic E-state index is 12.5. The summed E-state index contributed by atoms with van der Waals surface area (Å²) >= 11 is 0. The van der Waals surface area contributed by atoms with E-state index in [1.54, 1.807) is 61.7 Å². The minimum Gasteiger partial charge on any atom is -0.497 e. The summed E-state index contributed by atoms with van der Waals surface area (Å²) in [7, 11) is 1.56. The zero-order chi connectivity index (χ0) is 24.2. The number of hydrogen-bond acceptors (Lipinski definition) is 5. The van der Waals surface area contributed by atoms with Crippen LogP contribution in [0.1, 0.15) is 58.9 Å². The van der Waals surface area contributed by atoms with Gasteiger partial charge in [-0.1, -0.05) is 44.4 Å². The summed E-state index contributed by atoms with van der Waals surface area (Å²) in [6, 6.07) is 20.8. The molecular weight excluding hydrogens is 428 g/mol. The third-order valence-corrected chi connectivity index (χ3v) is 5.25. The summed E-state index contributed by atoms with van der Waals surface area (Å²) in [6.45, 7) is 2.91. The van der Waals surface area contributed by atoms with Crippen LogP contribution in [-0.4, -0.2) is 25.5 Å². The van der Waals surface area contributed by atoms with Crippen LogP contribution in [0.5, 0.6) is 17.2 Å². The van der Waals surface area contributed by atoms with E-state index >= 15 is 0 Å². The molecule has 0 unspecified atom stereocenters. The summed E-state index contributed by atoms with van der Waals surface area (Å²) in [5, 5.41) is 0. The first kappa shape index (κ1) is 24.8. The quantitative estimate of drug-likeness (QED) is 0.0985. The van der Waals surface area contributed by atoms with Crippen LogP contribution < -0.4 is 14.2 Å². The van der Waals surface area contributed by atoms with E-state index in [4.69, 9.17) is 14.2 Å². The van der Waals surface area contributed by atoms with Gasteiger partial charge in [0.05, 0.1) is 19.3 Å². The van der Waals surface area contributed by atoms with Gasteiger partial charge in [-0.25, -0.2) is 4.79 Å². The van der Waals surface area contributed by atoms with Gasteiger partial charge in [-0.05, 0) is 78.7 Å². The standard InChI is InChI=1S/C29H30O5/c1-3-4-5-6-21-33-26-14-7-22(8-15-26)9-20-28(30)23-10-18-27(19-11-23)34-29(31)24-12-16-25(32-2)17-13-24/h7-20H,3-6,21H2,1-2H3/b20-9+. The van der Waals surface area contributed by atoms with Crippen molar-refractivity contribution in [2.45, 2.75) is 32.6 Å². The molecular formula is C29H30O5. The molecule has 0 saturated carbocycles. The molecule has 0 atom stereocenters. The van der Waals surface area contributed by atoms with Crippen molar-refractivity contribution in [2.75, 3.05) is 13.7 Å². The van der Waals surface area contributed by atoms with Crippen molar-refractivity contribution in [3.63, 3.8) is 0 Å². The van der Waals surface area contributed by atoms with Crippen molar-refractivity contribution in [2.24, 2.45) is 0 Å². The number of benzene rings is 3. The number of ether oxygens (including phenoxy) is 3. The molecule has 0 spiro atoms. The van der Waals surface area contributed by atoms with E-state index in [2.05, 4.69) is 6.92 Å². The average molecular weight is 459 g/mol. The van der Waals surface area contributed by atoms with Gasteiger partial charge in [0.25, 0.3) is 0 Å². The van der Waals surface area contributed by atoms with Gasteiger partial charge >= 0.3 is 5.97 Å². The Morgan fingerprint density at radius 3 is 2.00 bits per heavy atom. The Balaban J connectivity index is 1.50. The summed E-state index contributed by atoms with van der Waals surface area (Å²) < 4.78 is 16.2. The second-order valence-electron chi connectivity index (χ2n) is 7.82. The van der Waals surface area contributed by atoms with Gasteiger partial charge < -0.3 is 14.2 Å². The number of esters is 1. The summed E-state index contributed by atoms with van der Waals surface area (Å²) in [4.78, 5) is 24.8. The lowest BCUT2D eigenvalue weighted by atomic mass is 10.1. The predicted octanol–water partition coefficient (Wildman–Crippen LogP) is 6.77. The Hall–Kier alpha value is -3.86. The van der Waals surface area contributed by atoms with Crippen molar-refractivity contribution in [1.29, 1.82) is 0 Å². The molecule has 0 heterocycles. The molecule has 176 valence electrons. The fraction of sp³-hybridized carbons (Fsp3) is 0.241. The van der Waals surface area contributed by atoms with Crippen LogP contribution in [0.4, 0.5) is 0 Å². The highest BCUT2D eigenvalue weighted by atomic mass is 16.5. The van der Waals surface area contributed by atoms with Gasteiger partial charge in [0, 0.05) is 5.56 Å². The molecule has 3 aromatic rings. The third-order valence-electron chi connectivity index (χ3n) is 5.25. The van der Waals surface area contributed by atoms with Crippen LogP contribution in [0, 0.1) is 0 Å². The molecule has 5 nitrogen and oxygen atoms in total. The minimum atomic E-state index is -0.477. The van der Waals surface area contributed by atoms with E-state index in [-0.39, 0.29) is 5.78 Å². The van der Waals surface area contributed by atoms with E-state index < -0.39 is 5.97 Å². The fourth-order valence-electron chi connectivity index (χ4n) is 3.24. The summed E-state index contributed by atoms with van der Waals surface area (Å²) in [5.74, 6) is 1.25. The number of carbonyl (C=O) groups is 2. The molecule has 3 aromatic carbocycles. The maximum absolute atomic E-state index is 12.5. The SMILES string of the molecule is CCCCCCOc1ccc(/C=C/C(=O)c2ccc(OC(=O)c3ccc(OC)cc3)cc2)cc1. The zero-order valence-electron chi connectivity index (χ0n) is 19.7. The number of rotatable bonds is 12. The van der Waals surface area contributed by atoms with Crippen LogP contribution in [0.3, 0.4) is 0 Å². The molecule has 3 rings (SSSR count). The number of allylic oxidation sites excluding steroid dienone is 1. The molecule has 0 saturated heterocycles. The molecule has 34 heavy (non-hydrogen) atoms. The Bertz CT molecular complexity index is 1080. The monoisotopic (exact) mass is 458 g/mol. The largest absolute Gasteiger partial charge is 0.497 e. The molecule has 0 fully saturated rings. The van der Waals surface area contributed by atoms with Crippen LogP contribution in [-0.2, 0) is 0 Å². The number of carbonyl (C=O) groups excluding carboxylic acids is 2. The molecule has 0 bridgehead atoms. The van der Waals surface area contributed by atoms with Crippen LogP contribution in [0.2, 0.25) is 0 Å². The Labute approximate surface area is 201 Å². The Morgan fingerprint density at radius 1 is 0.735 bits per heavy atom. The second kappa shape index (κ2) is 13.0. The van der Waals surface area contributed by atoms with E-state index in [1.165, 1.54) is 25.3 Å². The lowest BCUT2D eigenvalue weighted by Gasteiger charge is -2.06. The first-order valence-electron chi connectivity index (χ1n) is 11.5. The molecule has 0 aliphatic rings. The molecule has 0 amide bonds. The summed E-state index contributed by atoms with van der Waals surface area (Å²) in [5.41, 5.74) is 1.83. The molecule has 0 aliphatic heterocycles. The van der Waals surface area contributed by atoms with Crippen molar-refractivity contribution < 1.29 is 23.8 Å². The lowest BCUT2D eigenvalue weighted by molar-refractivity contribution is 0.0734. The third kappa shape index (κ3) is 7.62. The maximum Gasteiger partial charge on any atom is 0.343 e. The highest BCUT2D eigenvalue weighted by Crippen LogP contribution is 2.18. The van der Waals surface area contributed by atoms with Gasteiger partial charge in [0.15, 0.2) is 5.78 Å². The smallest absolute Gasteiger partial charge is 0.343 e. The topological polar surface area (TPSA) is 61.8 Å². The van der Waals surface area contributed by atoms with Crippen LogP contribution in [0.25, 0.3) is 6.08 Å². The first-order chi connectivity index (χ1) is 16.6. The predicted molar refractivity (Wildman–Crippen MR) is 134 cm³/mol. The van der Waals surface area contributed by atoms with Gasteiger partial charge in [0.1, 0.15) is 17.2 Å². The number of unbranched alkanes of at least 4 members (excludes halogenated alkanes) is 3. The number of hydrogen-bond donors (Lipinski definition) is 0. The Morgan fingerprint density at radius 2 is 1.35 bits per heavy atom. The van der Waals surface area contributed by atoms with Gasteiger partial charge in [0.2, 0.25) is 0 Å². The Kier molecular flexibility index (Phi) is 9.47. The molecule has 0 aliphatic carbocycles. The number of methoxy groups -OCH3 is 1. The van der Waals surface area contributed by atoms with Gasteiger partial charge in [-0.15, -0.1) is 0 Å². The summed E-state index contributed by atoms with van der Waals surface area (Å²) in [6.07, 6.45) is 7.99. The lowest BCUT2D eigenvalue weighted by Crippen LogP contribution is -2.08. The average Bonchev–Trinajstić information content (AvgIpc) is 2.88. The molecule has 0 aromatic heterocycles. The van der Waals surface area contributed by atoms with Crippen LogP contribution in [0.15, 0.2) is 78.9 Å². The van der Waals surface area contributed by atoms with Crippen molar-refractivity contribution in [1.82, 2.24) is 0 Å². The highest BCUT2D eigenvalue weighted by molar-refractivity contribution is 6.06. The molecule has 0 N–H and O–H groups in total. The molecule has 5 heteroatoms. The minimum absolute atomic E-state index is 0.135. The van der Waals surface area contributed by atoms with Gasteiger partial charge in [-0.3, -0.25) is 4.79 Å². The van der Waals surface area contributed by atoms with Crippen molar-refractivity contribution in [3.8, 4) is 17.2 Å². The van der Waals surface area contributed by atoms with Crippen molar-refractivity contribution >= 4 is 17.8 Å². The first-order valence-corrected chi connectivity index (χ1v) is 11.5. The van der Waals surface area contributed by atoms with E-state index in [1.807, 2.05) is 24.3 Å². The number of ketones is 1. The fourth-order valence-corrected chi connectivity index (χ4v) is 3.24. The second-order valence-corrected chi connectivity index (χ2v) is 7.82. The van der Waals surface area contributed by atoms with Crippen LogP contribution >= 0.6 is 0 Å². The van der Waals surface area contributed by atoms with Gasteiger partial charge in [-0.2, -0.15) is 0 Å². The molecule has 0 radical (unpaired) electrons.